The molecule has 0 radical (unpaired) electrons. The standard InChI is InChI=1S/C17H16F4N2O/c18-15-4-2-1-3-12(15)11-23-16(24)9-10-22-14-7-5-13(6-8-14)17(19,20)21/h1-8,22H,9-11H2,(H,23,24). The lowest BCUT2D eigenvalue weighted by atomic mass is 10.2. The van der Waals surface area contributed by atoms with Crippen LogP contribution in [0.1, 0.15) is 17.5 Å². The van der Waals surface area contributed by atoms with Gasteiger partial charge in [-0.3, -0.25) is 4.79 Å². The molecule has 128 valence electrons. The van der Waals surface area contributed by atoms with Crippen LogP contribution in [0.2, 0.25) is 0 Å². The lowest BCUT2D eigenvalue weighted by Crippen LogP contribution is -2.25. The van der Waals surface area contributed by atoms with Gasteiger partial charge in [-0.05, 0) is 30.3 Å². The molecule has 0 saturated heterocycles. The predicted octanol–water partition coefficient (Wildman–Crippen LogP) is 3.96. The highest BCUT2D eigenvalue weighted by Crippen LogP contribution is 2.29. The second-order valence-corrected chi connectivity index (χ2v) is 5.12. The monoisotopic (exact) mass is 340 g/mol. The van der Waals surface area contributed by atoms with Gasteiger partial charge < -0.3 is 10.6 Å². The van der Waals surface area contributed by atoms with Gasteiger partial charge in [-0.1, -0.05) is 18.2 Å². The van der Waals surface area contributed by atoms with Gasteiger partial charge in [-0.25, -0.2) is 4.39 Å². The van der Waals surface area contributed by atoms with Crippen molar-refractivity contribution in [1.82, 2.24) is 5.32 Å². The number of hydrogen-bond acceptors (Lipinski definition) is 2. The Balaban J connectivity index is 1.74. The Bertz CT molecular complexity index is 684. The third-order valence-electron chi connectivity index (χ3n) is 3.33. The van der Waals surface area contributed by atoms with Gasteiger partial charge in [-0.2, -0.15) is 13.2 Å². The fourth-order valence-corrected chi connectivity index (χ4v) is 2.02. The molecule has 0 atom stereocenters. The van der Waals surface area contributed by atoms with Crippen molar-refractivity contribution in [2.75, 3.05) is 11.9 Å². The summed E-state index contributed by atoms with van der Waals surface area (Å²) in [6.07, 6.45) is -4.25. The number of nitrogens with one attached hydrogen (secondary N) is 2. The molecule has 0 aliphatic heterocycles. The Morgan fingerprint density at radius 3 is 2.29 bits per heavy atom. The number of rotatable bonds is 6. The summed E-state index contributed by atoms with van der Waals surface area (Å²) < 4.78 is 50.7. The number of halogens is 4. The molecule has 0 spiro atoms. The van der Waals surface area contributed by atoms with Crippen molar-refractivity contribution in [3.05, 3.63) is 65.5 Å². The minimum absolute atomic E-state index is 0.0891. The van der Waals surface area contributed by atoms with Gasteiger partial charge >= 0.3 is 6.18 Å². The average molecular weight is 340 g/mol. The zero-order valence-electron chi connectivity index (χ0n) is 12.7. The van der Waals surface area contributed by atoms with E-state index in [0.717, 1.165) is 12.1 Å². The Morgan fingerprint density at radius 1 is 1.00 bits per heavy atom. The van der Waals surface area contributed by atoms with E-state index >= 15 is 0 Å². The van der Waals surface area contributed by atoms with E-state index < -0.39 is 11.7 Å². The van der Waals surface area contributed by atoms with E-state index in [0.29, 0.717) is 11.3 Å². The third-order valence-corrected chi connectivity index (χ3v) is 3.33. The highest BCUT2D eigenvalue weighted by atomic mass is 19.4. The number of benzene rings is 2. The largest absolute Gasteiger partial charge is 0.416 e. The number of amides is 1. The molecule has 0 aromatic heterocycles. The molecule has 2 rings (SSSR count). The molecule has 24 heavy (non-hydrogen) atoms. The first-order chi connectivity index (χ1) is 11.4. The second kappa shape index (κ2) is 7.81. The highest BCUT2D eigenvalue weighted by Gasteiger charge is 2.29. The molecule has 3 nitrogen and oxygen atoms in total. The van der Waals surface area contributed by atoms with E-state index in [2.05, 4.69) is 10.6 Å². The smallest absolute Gasteiger partial charge is 0.385 e. The van der Waals surface area contributed by atoms with Gasteiger partial charge in [0.15, 0.2) is 0 Å². The first-order valence-corrected chi connectivity index (χ1v) is 7.27. The van der Waals surface area contributed by atoms with E-state index in [9.17, 15) is 22.4 Å². The molecular formula is C17H16F4N2O. The normalized spacial score (nSPS) is 11.2. The van der Waals surface area contributed by atoms with Crippen LogP contribution in [0, 0.1) is 5.82 Å². The van der Waals surface area contributed by atoms with Crippen LogP contribution in [-0.2, 0) is 17.5 Å². The molecule has 0 saturated carbocycles. The van der Waals surface area contributed by atoms with Gasteiger partial charge in [-0.15, -0.1) is 0 Å². The van der Waals surface area contributed by atoms with Crippen LogP contribution in [0.5, 0.6) is 0 Å². The fraction of sp³-hybridized carbons (Fsp3) is 0.235. The maximum Gasteiger partial charge on any atom is 0.416 e. The molecule has 2 aromatic carbocycles. The number of alkyl halides is 3. The van der Waals surface area contributed by atoms with E-state index in [1.54, 1.807) is 18.2 Å². The Kier molecular flexibility index (Phi) is 5.78. The summed E-state index contributed by atoms with van der Waals surface area (Å²) in [5.41, 5.74) is 0.155. The minimum Gasteiger partial charge on any atom is -0.385 e. The van der Waals surface area contributed by atoms with Gasteiger partial charge in [0, 0.05) is 30.8 Å². The van der Waals surface area contributed by atoms with Crippen molar-refractivity contribution in [2.45, 2.75) is 19.1 Å². The van der Waals surface area contributed by atoms with E-state index in [1.165, 1.54) is 18.2 Å². The first kappa shape index (κ1) is 17.8. The van der Waals surface area contributed by atoms with Crippen molar-refractivity contribution >= 4 is 11.6 Å². The third kappa shape index (κ3) is 5.26. The van der Waals surface area contributed by atoms with Gasteiger partial charge in [0.1, 0.15) is 5.82 Å². The molecule has 7 heteroatoms. The van der Waals surface area contributed by atoms with Crippen LogP contribution in [0.4, 0.5) is 23.2 Å². The maximum absolute atomic E-state index is 13.4. The average Bonchev–Trinajstić information content (AvgIpc) is 2.54. The van der Waals surface area contributed by atoms with Crippen LogP contribution in [0.3, 0.4) is 0 Å². The Hall–Kier alpha value is -2.57. The number of carbonyl (C=O) groups is 1. The minimum atomic E-state index is -4.37. The van der Waals surface area contributed by atoms with Crippen molar-refractivity contribution in [1.29, 1.82) is 0 Å². The quantitative estimate of drug-likeness (QED) is 0.782. The van der Waals surface area contributed by atoms with Crippen molar-refractivity contribution in [2.24, 2.45) is 0 Å². The van der Waals surface area contributed by atoms with E-state index in [1.807, 2.05) is 0 Å². The summed E-state index contributed by atoms with van der Waals surface area (Å²) in [6, 6.07) is 10.7. The van der Waals surface area contributed by atoms with E-state index in [4.69, 9.17) is 0 Å². The number of anilines is 1. The molecule has 2 N–H and O–H groups in total. The van der Waals surface area contributed by atoms with Gasteiger partial charge in [0.25, 0.3) is 0 Å². The van der Waals surface area contributed by atoms with Crippen molar-refractivity contribution in [3.8, 4) is 0 Å². The van der Waals surface area contributed by atoms with Crippen LogP contribution < -0.4 is 10.6 Å². The summed E-state index contributed by atoms with van der Waals surface area (Å²) >= 11 is 0. The summed E-state index contributed by atoms with van der Waals surface area (Å²) in [6.45, 7) is 0.347. The number of carbonyl (C=O) groups excluding carboxylic acids is 1. The Labute approximate surface area is 136 Å². The van der Waals surface area contributed by atoms with Crippen molar-refractivity contribution < 1.29 is 22.4 Å². The molecule has 0 fully saturated rings. The van der Waals surface area contributed by atoms with Crippen LogP contribution in [-0.4, -0.2) is 12.5 Å². The first-order valence-electron chi connectivity index (χ1n) is 7.27. The summed E-state index contributed by atoms with van der Waals surface area (Å²) in [7, 11) is 0. The Morgan fingerprint density at radius 2 is 1.67 bits per heavy atom. The molecule has 0 aliphatic carbocycles. The second-order valence-electron chi connectivity index (χ2n) is 5.12. The SMILES string of the molecule is O=C(CCNc1ccc(C(F)(F)F)cc1)NCc1ccccc1F. The van der Waals surface area contributed by atoms with Gasteiger partial charge in [0.2, 0.25) is 5.91 Å². The summed E-state index contributed by atoms with van der Waals surface area (Å²) in [4.78, 5) is 11.7. The molecule has 0 bridgehead atoms. The maximum atomic E-state index is 13.4. The van der Waals surface area contributed by atoms with E-state index in [-0.39, 0.29) is 31.2 Å². The molecule has 1 amide bonds. The highest BCUT2D eigenvalue weighted by molar-refractivity contribution is 5.76. The zero-order valence-corrected chi connectivity index (χ0v) is 12.7. The number of hydrogen-bond donors (Lipinski definition) is 2. The van der Waals surface area contributed by atoms with Gasteiger partial charge in [0.05, 0.1) is 5.56 Å². The molecule has 0 unspecified atom stereocenters. The lowest BCUT2D eigenvalue weighted by molar-refractivity contribution is -0.137. The summed E-state index contributed by atoms with van der Waals surface area (Å²) in [5, 5.41) is 5.45. The fourth-order valence-electron chi connectivity index (χ4n) is 2.02. The zero-order chi connectivity index (χ0) is 17.6. The summed E-state index contributed by atoms with van der Waals surface area (Å²) in [5.74, 6) is -0.668. The lowest BCUT2D eigenvalue weighted by Gasteiger charge is -2.10. The predicted molar refractivity (Wildman–Crippen MR) is 82.8 cm³/mol. The topological polar surface area (TPSA) is 41.1 Å². The van der Waals surface area contributed by atoms with Crippen LogP contribution >= 0.6 is 0 Å². The van der Waals surface area contributed by atoms with Crippen LogP contribution in [0.25, 0.3) is 0 Å². The molecule has 0 heterocycles. The van der Waals surface area contributed by atoms with Crippen molar-refractivity contribution in [3.63, 3.8) is 0 Å². The molecule has 0 aliphatic rings. The molecule has 2 aromatic rings. The van der Waals surface area contributed by atoms with Crippen LogP contribution in [0.15, 0.2) is 48.5 Å². The molecular weight excluding hydrogens is 324 g/mol.